The Bertz CT molecular complexity index is 1020. The highest BCUT2D eigenvalue weighted by molar-refractivity contribution is 5.56. The fraction of sp³-hybridized carbons (Fsp3) is 0.417. The van der Waals surface area contributed by atoms with Crippen molar-refractivity contribution >= 4 is 5.65 Å². The Hall–Kier alpha value is -3.21. The topological polar surface area (TPSA) is 48.7 Å². The second-order valence-electron chi connectivity index (χ2n) is 7.78. The van der Waals surface area contributed by atoms with Crippen molar-refractivity contribution in [3.63, 3.8) is 0 Å². The number of terminal acetylenes is 1. The molecule has 0 radical (unpaired) electrons. The van der Waals surface area contributed by atoms with E-state index in [2.05, 4.69) is 23.0 Å². The molecule has 2 aliphatic carbocycles. The molecule has 0 atom stereocenters. The first-order valence-electron chi connectivity index (χ1n) is 10.4. The highest BCUT2D eigenvalue weighted by atomic mass is 19.4. The van der Waals surface area contributed by atoms with Crippen LogP contribution in [0, 0.1) is 24.7 Å². The molecule has 5 rings (SSSR count). The SMILES string of the molecule is C#C.COc1ccccc1.FC(F)(F)c1c(OCC2CC2)ccn2c(CC3CC3)nnc12. The first-order valence-corrected chi connectivity index (χ1v) is 10.4. The molecule has 8 heteroatoms. The van der Waals surface area contributed by atoms with Crippen molar-refractivity contribution in [2.24, 2.45) is 11.8 Å². The maximum atomic E-state index is 13.4. The molecule has 32 heavy (non-hydrogen) atoms. The predicted molar refractivity (Wildman–Crippen MR) is 116 cm³/mol. The van der Waals surface area contributed by atoms with E-state index in [1.165, 1.54) is 10.5 Å². The average molecular weight is 445 g/mol. The van der Waals surface area contributed by atoms with Gasteiger partial charge < -0.3 is 9.47 Å². The summed E-state index contributed by atoms with van der Waals surface area (Å²) in [6, 6.07) is 11.1. The molecule has 0 amide bonds. The number of fused-ring (bicyclic) bond motifs is 1. The third-order valence-corrected chi connectivity index (χ3v) is 5.21. The molecule has 170 valence electrons. The largest absolute Gasteiger partial charge is 0.497 e. The van der Waals surface area contributed by atoms with Crippen LogP contribution in [0.2, 0.25) is 0 Å². The number of nitrogens with zero attached hydrogens (tertiary/aromatic N) is 3. The van der Waals surface area contributed by atoms with E-state index < -0.39 is 11.7 Å². The summed E-state index contributed by atoms with van der Waals surface area (Å²) in [6.07, 6.45) is 10.0. The molecule has 2 fully saturated rings. The van der Waals surface area contributed by atoms with E-state index in [9.17, 15) is 13.2 Å². The lowest BCUT2D eigenvalue weighted by molar-refractivity contribution is -0.138. The van der Waals surface area contributed by atoms with Crippen LogP contribution in [-0.4, -0.2) is 28.3 Å². The summed E-state index contributed by atoms with van der Waals surface area (Å²) in [5.74, 6) is 2.29. The molecule has 0 N–H and O–H groups in total. The van der Waals surface area contributed by atoms with E-state index in [1.54, 1.807) is 13.3 Å². The monoisotopic (exact) mass is 445 g/mol. The highest BCUT2D eigenvalue weighted by Gasteiger charge is 2.39. The molecule has 2 aliphatic rings. The number of para-hydroxylation sites is 1. The van der Waals surface area contributed by atoms with Crippen LogP contribution in [0.1, 0.15) is 37.1 Å². The maximum absolute atomic E-state index is 13.4. The Morgan fingerprint density at radius 1 is 1.00 bits per heavy atom. The van der Waals surface area contributed by atoms with Gasteiger partial charge in [0, 0.05) is 12.6 Å². The van der Waals surface area contributed by atoms with E-state index in [0.29, 0.717) is 30.7 Å². The zero-order valence-corrected chi connectivity index (χ0v) is 17.9. The predicted octanol–water partition coefficient (Wildman–Crippen LogP) is 5.43. The standard InChI is InChI=1S/C15H16F3N3O.C7H8O.C2H2/c16-15(17,18)13-11(22-8-10-3-4-10)5-6-21-12(7-9-1-2-9)19-20-14(13)21;1-8-7-5-3-2-4-6-7;1-2/h5-6,9-10H,1-4,7-8H2;2-6H,1H3;1-2H. The van der Waals surface area contributed by atoms with Crippen LogP contribution in [0.5, 0.6) is 11.5 Å². The molecule has 0 unspecified atom stereocenters. The first-order chi connectivity index (χ1) is 15.5. The summed E-state index contributed by atoms with van der Waals surface area (Å²) in [5.41, 5.74) is -0.971. The number of methoxy groups -OCH3 is 1. The number of alkyl halides is 3. The Morgan fingerprint density at radius 3 is 2.19 bits per heavy atom. The van der Waals surface area contributed by atoms with Crippen molar-refractivity contribution in [3.05, 3.63) is 54.0 Å². The molecule has 0 saturated heterocycles. The third kappa shape index (κ3) is 6.16. The van der Waals surface area contributed by atoms with Gasteiger partial charge in [0.05, 0.1) is 13.7 Å². The first kappa shape index (κ1) is 23.5. The van der Waals surface area contributed by atoms with E-state index in [-0.39, 0.29) is 11.4 Å². The van der Waals surface area contributed by atoms with Crippen molar-refractivity contribution in [2.45, 2.75) is 38.3 Å². The lowest BCUT2D eigenvalue weighted by atomic mass is 10.2. The number of rotatable bonds is 6. The molecule has 2 aromatic heterocycles. The number of hydrogen-bond donors (Lipinski definition) is 0. The highest BCUT2D eigenvalue weighted by Crippen LogP contribution is 2.40. The van der Waals surface area contributed by atoms with Gasteiger partial charge >= 0.3 is 6.18 Å². The minimum absolute atomic E-state index is 0.141. The number of ether oxygens (including phenoxy) is 2. The molecule has 3 aromatic rings. The van der Waals surface area contributed by atoms with Gasteiger partial charge in [0.15, 0.2) is 5.65 Å². The lowest BCUT2D eigenvalue weighted by Gasteiger charge is -2.14. The van der Waals surface area contributed by atoms with Crippen molar-refractivity contribution in [1.29, 1.82) is 0 Å². The molecule has 0 spiro atoms. The minimum Gasteiger partial charge on any atom is -0.497 e. The summed E-state index contributed by atoms with van der Waals surface area (Å²) in [5, 5.41) is 7.74. The Labute approximate surface area is 185 Å². The van der Waals surface area contributed by atoms with Crippen LogP contribution in [0.4, 0.5) is 13.2 Å². The van der Waals surface area contributed by atoms with Gasteiger partial charge in [-0.25, -0.2) is 0 Å². The van der Waals surface area contributed by atoms with Gasteiger partial charge in [-0.2, -0.15) is 13.2 Å². The quantitative estimate of drug-likeness (QED) is 0.475. The van der Waals surface area contributed by atoms with Gasteiger partial charge in [0.25, 0.3) is 0 Å². The number of halogens is 3. The molecule has 0 aliphatic heterocycles. The number of hydrogen-bond acceptors (Lipinski definition) is 4. The van der Waals surface area contributed by atoms with E-state index >= 15 is 0 Å². The summed E-state index contributed by atoms with van der Waals surface area (Å²) >= 11 is 0. The Balaban J connectivity index is 0.000000244. The van der Waals surface area contributed by atoms with Gasteiger partial charge in [0.1, 0.15) is 22.9 Å². The molecule has 0 bridgehead atoms. The van der Waals surface area contributed by atoms with Crippen LogP contribution in [0.3, 0.4) is 0 Å². The van der Waals surface area contributed by atoms with Gasteiger partial charge in [0.2, 0.25) is 0 Å². The van der Waals surface area contributed by atoms with Gasteiger partial charge in [-0.3, -0.25) is 4.40 Å². The Kier molecular flexibility index (Phi) is 7.62. The molecule has 2 saturated carbocycles. The summed E-state index contributed by atoms with van der Waals surface area (Å²) in [7, 11) is 1.66. The molecule has 1 aromatic carbocycles. The van der Waals surface area contributed by atoms with Crippen LogP contribution >= 0.6 is 0 Å². The van der Waals surface area contributed by atoms with Crippen molar-refractivity contribution in [3.8, 4) is 24.3 Å². The normalized spacial score (nSPS) is 15.2. The average Bonchev–Trinajstić information content (AvgIpc) is 3.73. The van der Waals surface area contributed by atoms with Crippen LogP contribution in [0.15, 0.2) is 42.6 Å². The van der Waals surface area contributed by atoms with E-state index in [0.717, 1.165) is 31.4 Å². The second kappa shape index (κ2) is 10.4. The molecular formula is C24H26F3N3O2. The number of pyridine rings is 1. The van der Waals surface area contributed by atoms with Crippen molar-refractivity contribution in [1.82, 2.24) is 14.6 Å². The van der Waals surface area contributed by atoms with E-state index in [4.69, 9.17) is 9.47 Å². The van der Waals surface area contributed by atoms with Gasteiger partial charge in [-0.1, -0.05) is 18.2 Å². The fourth-order valence-corrected chi connectivity index (χ4v) is 3.14. The van der Waals surface area contributed by atoms with Gasteiger partial charge in [-0.05, 0) is 55.7 Å². The number of aromatic nitrogens is 3. The minimum atomic E-state index is -4.51. The third-order valence-electron chi connectivity index (χ3n) is 5.21. The zero-order valence-electron chi connectivity index (χ0n) is 17.9. The smallest absolute Gasteiger partial charge is 0.423 e. The summed E-state index contributed by atoms with van der Waals surface area (Å²) < 4.78 is 52.1. The molecule has 2 heterocycles. The maximum Gasteiger partial charge on any atom is 0.423 e. The van der Waals surface area contributed by atoms with Crippen LogP contribution in [0.25, 0.3) is 5.65 Å². The molecular weight excluding hydrogens is 419 g/mol. The van der Waals surface area contributed by atoms with Gasteiger partial charge in [-0.15, -0.1) is 23.0 Å². The van der Waals surface area contributed by atoms with Crippen molar-refractivity contribution in [2.75, 3.05) is 13.7 Å². The summed E-state index contributed by atoms with van der Waals surface area (Å²) in [6.45, 7) is 0.336. The molecule has 5 nitrogen and oxygen atoms in total. The van der Waals surface area contributed by atoms with Crippen molar-refractivity contribution < 1.29 is 22.6 Å². The second-order valence-corrected chi connectivity index (χ2v) is 7.78. The summed E-state index contributed by atoms with van der Waals surface area (Å²) in [4.78, 5) is 0. The van der Waals surface area contributed by atoms with E-state index in [1.807, 2.05) is 30.3 Å². The zero-order chi connectivity index (χ0) is 23.1. The van der Waals surface area contributed by atoms with Crippen LogP contribution in [-0.2, 0) is 12.6 Å². The Morgan fingerprint density at radius 2 is 1.66 bits per heavy atom. The number of benzene rings is 1. The van der Waals surface area contributed by atoms with Crippen LogP contribution < -0.4 is 9.47 Å². The lowest BCUT2D eigenvalue weighted by Crippen LogP contribution is -2.13. The fourth-order valence-electron chi connectivity index (χ4n) is 3.14.